The summed E-state index contributed by atoms with van der Waals surface area (Å²) in [7, 11) is 0. The first kappa shape index (κ1) is 15.3. The molecule has 4 rings (SSSR count). The van der Waals surface area contributed by atoms with Crippen LogP contribution < -0.4 is 10.6 Å². The number of hydrogen-bond acceptors (Lipinski definition) is 5. The summed E-state index contributed by atoms with van der Waals surface area (Å²) in [6, 6.07) is -0.515. The van der Waals surface area contributed by atoms with Crippen molar-refractivity contribution in [3.63, 3.8) is 0 Å². The van der Waals surface area contributed by atoms with Crippen LogP contribution in [0.1, 0.15) is 48.7 Å². The van der Waals surface area contributed by atoms with Crippen LogP contribution in [0, 0.1) is 6.92 Å². The summed E-state index contributed by atoms with van der Waals surface area (Å²) in [5, 5.41) is 6.48. The van der Waals surface area contributed by atoms with Gasteiger partial charge in [0.1, 0.15) is 17.9 Å². The van der Waals surface area contributed by atoms with Crippen LogP contribution >= 0.6 is 0 Å². The molecule has 24 heavy (non-hydrogen) atoms. The fraction of sp³-hybridized carbons (Fsp3) is 0.562. The van der Waals surface area contributed by atoms with Crippen molar-refractivity contribution in [3.8, 4) is 0 Å². The van der Waals surface area contributed by atoms with E-state index in [2.05, 4.69) is 27.5 Å². The van der Waals surface area contributed by atoms with Crippen LogP contribution in [-0.4, -0.2) is 33.4 Å². The Morgan fingerprint density at radius 1 is 1.33 bits per heavy atom. The molecule has 0 radical (unpaired) electrons. The summed E-state index contributed by atoms with van der Waals surface area (Å²) in [5.41, 5.74) is 0.599. The summed E-state index contributed by atoms with van der Waals surface area (Å²) < 4.78 is 31.5. The quantitative estimate of drug-likeness (QED) is 0.897. The molecule has 2 N–H and O–H groups in total. The van der Waals surface area contributed by atoms with Gasteiger partial charge in [-0.2, -0.15) is 0 Å². The summed E-state index contributed by atoms with van der Waals surface area (Å²) in [4.78, 5) is 20.9. The maximum absolute atomic E-state index is 13.0. The van der Waals surface area contributed by atoms with Crippen LogP contribution in [0.5, 0.6) is 0 Å². The molecule has 0 spiro atoms. The van der Waals surface area contributed by atoms with Gasteiger partial charge >= 0.3 is 0 Å². The predicted molar refractivity (Wildman–Crippen MR) is 83.2 cm³/mol. The van der Waals surface area contributed by atoms with Gasteiger partial charge in [0.2, 0.25) is 5.71 Å². The molecule has 2 aromatic rings. The van der Waals surface area contributed by atoms with Gasteiger partial charge in [0.25, 0.3) is 11.8 Å². The number of anilines is 1. The molecular formula is C16H18F2N4O2. The molecule has 0 aromatic carbocycles. The van der Waals surface area contributed by atoms with E-state index in [0.29, 0.717) is 28.2 Å². The number of carbonyl (C=O) groups is 1. The van der Waals surface area contributed by atoms with Gasteiger partial charge in [-0.05, 0) is 26.7 Å². The van der Waals surface area contributed by atoms with E-state index in [4.69, 9.17) is 4.42 Å². The lowest BCUT2D eigenvalue weighted by atomic mass is 9.88. The Morgan fingerprint density at radius 2 is 2.04 bits per heavy atom. The summed E-state index contributed by atoms with van der Waals surface area (Å²) >= 11 is 0. The molecule has 2 aliphatic carbocycles. The van der Waals surface area contributed by atoms with Gasteiger partial charge in [-0.3, -0.25) is 4.79 Å². The number of nitrogens with one attached hydrogen (secondary N) is 2. The maximum Gasteiger partial charge on any atom is 0.255 e. The van der Waals surface area contributed by atoms with E-state index in [1.54, 1.807) is 6.92 Å². The number of amides is 1. The third-order valence-electron chi connectivity index (χ3n) is 4.74. The van der Waals surface area contributed by atoms with Gasteiger partial charge < -0.3 is 15.1 Å². The lowest BCUT2D eigenvalue weighted by Gasteiger charge is -2.35. The van der Waals surface area contributed by atoms with Gasteiger partial charge in [0, 0.05) is 24.4 Å². The number of furan rings is 1. The number of aryl methyl sites for hydroxylation is 1. The van der Waals surface area contributed by atoms with Crippen molar-refractivity contribution in [3.05, 3.63) is 17.7 Å². The third-order valence-corrected chi connectivity index (χ3v) is 4.74. The van der Waals surface area contributed by atoms with Gasteiger partial charge in [-0.25, -0.2) is 18.7 Å². The fourth-order valence-corrected chi connectivity index (χ4v) is 3.03. The zero-order chi connectivity index (χ0) is 17.1. The number of alkyl halides is 2. The average Bonchev–Trinajstić information content (AvgIpc) is 3.06. The number of nitrogens with zero attached hydrogens (tertiary/aromatic N) is 2. The van der Waals surface area contributed by atoms with E-state index in [-0.39, 0.29) is 18.4 Å². The van der Waals surface area contributed by atoms with Gasteiger partial charge in [-0.1, -0.05) is 0 Å². The first-order valence-electron chi connectivity index (χ1n) is 7.97. The van der Waals surface area contributed by atoms with Crippen LogP contribution in [0.15, 0.2) is 10.7 Å². The summed E-state index contributed by atoms with van der Waals surface area (Å²) in [5.74, 6) is -2.16. The second-order valence-electron chi connectivity index (χ2n) is 7.06. The molecule has 0 aliphatic heterocycles. The lowest BCUT2D eigenvalue weighted by molar-refractivity contribution is -0.0901. The number of carbonyl (C=O) groups excluding carboxylic acids is 1. The molecule has 8 heteroatoms. The maximum atomic E-state index is 13.0. The standard InChI is InChI=1S/C16H18F2N4O2/c1-8-10(13(23)21-9-5-16(17,18)6-9)11-12(22-15(2)3-4-15)19-7-20-14(11)24-8/h7,9H,3-6H2,1-2H3,(H,21,23)(H,19,20,22). The van der Waals surface area contributed by atoms with E-state index in [1.807, 2.05) is 0 Å². The third kappa shape index (κ3) is 2.59. The largest absolute Gasteiger partial charge is 0.442 e. The van der Waals surface area contributed by atoms with Crippen LogP contribution in [0.2, 0.25) is 0 Å². The molecular weight excluding hydrogens is 318 g/mol. The summed E-state index contributed by atoms with van der Waals surface area (Å²) in [6.45, 7) is 3.73. The van der Waals surface area contributed by atoms with E-state index < -0.39 is 17.9 Å². The Labute approximate surface area is 137 Å². The molecule has 2 heterocycles. The number of aromatic nitrogens is 2. The minimum atomic E-state index is -2.68. The SMILES string of the molecule is Cc1oc2ncnc(NC3(C)CC3)c2c1C(=O)NC1CC(F)(F)C1. The molecule has 0 unspecified atom stereocenters. The first-order valence-corrected chi connectivity index (χ1v) is 7.97. The molecule has 0 saturated heterocycles. The van der Waals surface area contributed by atoms with Crippen LogP contribution in [0.4, 0.5) is 14.6 Å². The topological polar surface area (TPSA) is 80.1 Å². The van der Waals surface area contributed by atoms with Crippen molar-refractivity contribution < 1.29 is 18.0 Å². The number of hydrogen-bond donors (Lipinski definition) is 2. The van der Waals surface area contributed by atoms with E-state index in [1.165, 1.54) is 6.33 Å². The Hall–Kier alpha value is -2.25. The van der Waals surface area contributed by atoms with E-state index >= 15 is 0 Å². The Morgan fingerprint density at radius 3 is 2.67 bits per heavy atom. The van der Waals surface area contributed by atoms with Crippen LogP contribution in [0.25, 0.3) is 11.1 Å². The van der Waals surface area contributed by atoms with Crippen molar-refractivity contribution >= 4 is 22.8 Å². The highest BCUT2D eigenvalue weighted by molar-refractivity contribution is 6.10. The molecule has 0 atom stereocenters. The molecule has 2 saturated carbocycles. The second-order valence-corrected chi connectivity index (χ2v) is 7.06. The van der Waals surface area contributed by atoms with E-state index in [0.717, 1.165) is 12.8 Å². The molecule has 6 nitrogen and oxygen atoms in total. The smallest absolute Gasteiger partial charge is 0.255 e. The zero-order valence-electron chi connectivity index (χ0n) is 13.4. The highest BCUT2D eigenvalue weighted by Gasteiger charge is 2.46. The Balaban J connectivity index is 1.66. The van der Waals surface area contributed by atoms with E-state index in [9.17, 15) is 13.6 Å². The lowest BCUT2D eigenvalue weighted by Crippen LogP contribution is -2.50. The van der Waals surface area contributed by atoms with Gasteiger partial charge in [0.05, 0.1) is 10.9 Å². The molecule has 128 valence electrons. The van der Waals surface area contributed by atoms with Crippen molar-refractivity contribution in [1.29, 1.82) is 0 Å². The van der Waals surface area contributed by atoms with Crippen molar-refractivity contribution in [1.82, 2.24) is 15.3 Å². The first-order chi connectivity index (χ1) is 11.3. The molecule has 2 aromatic heterocycles. The molecule has 2 aliphatic rings. The summed E-state index contributed by atoms with van der Waals surface area (Å²) in [6.07, 6.45) is 2.77. The van der Waals surface area contributed by atoms with Crippen LogP contribution in [0.3, 0.4) is 0 Å². The molecule has 2 fully saturated rings. The number of fused-ring (bicyclic) bond motifs is 1. The minimum Gasteiger partial charge on any atom is -0.442 e. The van der Waals surface area contributed by atoms with Crippen molar-refractivity contribution in [2.24, 2.45) is 0 Å². The zero-order valence-corrected chi connectivity index (χ0v) is 13.4. The Kier molecular flexibility index (Phi) is 3.10. The number of rotatable bonds is 4. The monoisotopic (exact) mass is 336 g/mol. The average molecular weight is 336 g/mol. The highest BCUT2D eigenvalue weighted by Crippen LogP contribution is 2.41. The van der Waals surface area contributed by atoms with Gasteiger partial charge in [-0.15, -0.1) is 0 Å². The predicted octanol–water partition coefficient (Wildman–Crippen LogP) is 3.02. The van der Waals surface area contributed by atoms with Crippen LogP contribution in [-0.2, 0) is 0 Å². The van der Waals surface area contributed by atoms with Gasteiger partial charge in [0.15, 0.2) is 0 Å². The van der Waals surface area contributed by atoms with Crippen molar-refractivity contribution in [2.45, 2.75) is 57.0 Å². The second kappa shape index (κ2) is 4.87. The van der Waals surface area contributed by atoms with Crippen molar-refractivity contribution in [2.75, 3.05) is 5.32 Å². The highest BCUT2D eigenvalue weighted by atomic mass is 19.3. The minimum absolute atomic E-state index is 0.0315. The fourth-order valence-electron chi connectivity index (χ4n) is 3.03. The Bertz CT molecular complexity index is 821. The number of halogens is 2. The molecule has 1 amide bonds. The normalized spacial score (nSPS) is 21.3. The molecule has 0 bridgehead atoms.